The largest absolute Gasteiger partial charge is 0.352 e. The Labute approximate surface area is 125 Å². The van der Waals surface area contributed by atoms with Crippen molar-refractivity contribution in [1.29, 1.82) is 0 Å². The quantitative estimate of drug-likeness (QED) is 0.833. The topological polar surface area (TPSA) is 29.1 Å². The molecular weight excluding hydrogens is 299 g/mol. The van der Waals surface area contributed by atoms with Crippen molar-refractivity contribution in [3.05, 3.63) is 65.0 Å². The molecule has 0 fully saturated rings. The molecule has 0 atom stereocenters. The Bertz CT molecular complexity index is 656. The van der Waals surface area contributed by atoms with Gasteiger partial charge in [0.1, 0.15) is 17.5 Å². The van der Waals surface area contributed by atoms with Crippen LogP contribution in [0.15, 0.2) is 41.3 Å². The van der Waals surface area contributed by atoms with Crippen LogP contribution in [0.3, 0.4) is 0 Å². The molecule has 0 aromatic heterocycles. The van der Waals surface area contributed by atoms with Crippen molar-refractivity contribution < 1.29 is 18.0 Å². The molecule has 0 unspecified atom stereocenters. The van der Waals surface area contributed by atoms with E-state index in [-0.39, 0.29) is 23.4 Å². The van der Waals surface area contributed by atoms with Gasteiger partial charge in [-0.25, -0.2) is 13.2 Å². The van der Waals surface area contributed by atoms with Gasteiger partial charge in [0.25, 0.3) is 5.91 Å². The van der Waals surface area contributed by atoms with Crippen LogP contribution >= 0.6 is 12.6 Å². The van der Waals surface area contributed by atoms with Gasteiger partial charge in [0, 0.05) is 23.1 Å². The minimum Gasteiger partial charge on any atom is -0.352 e. The normalized spacial score (nSPS) is 10.5. The van der Waals surface area contributed by atoms with Crippen LogP contribution in [0, 0.1) is 17.5 Å². The molecule has 0 heterocycles. The number of thiol groups is 1. The van der Waals surface area contributed by atoms with E-state index in [4.69, 9.17) is 0 Å². The molecule has 0 radical (unpaired) electrons. The van der Waals surface area contributed by atoms with E-state index in [0.29, 0.717) is 5.56 Å². The van der Waals surface area contributed by atoms with E-state index in [9.17, 15) is 18.0 Å². The molecule has 2 aromatic rings. The summed E-state index contributed by atoms with van der Waals surface area (Å²) in [6.45, 7) is 0.209. The number of nitrogens with one attached hydrogen (secondary N) is 1. The van der Waals surface area contributed by atoms with Crippen molar-refractivity contribution in [2.24, 2.45) is 0 Å². The molecule has 0 saturated carbocycles. The lowest BCUT2D eigenvalue weighted by molar-refractivity contribution is 0.0954. The van der Waals surface area contributed by atoms with Crippen molar-refractivity contribution >= 4 is 18.5 Å². The molecule has 2 aromatic carbocycles. The molecule has 2 rings (SSSR count). The van der Waals surface area contributed by atoms with Crippen LogP contribution in [-0.4, -0.2) is 12.5 Å². The van der Waals surface area contributed by atoms with Gasteiger partial charge in [0.15, 0.2) is 0 Å². The summed E-state index contributed by atoms with van der Waals surface area (Å²) >= 11 is 3.89. The third-order valence-corrected chi connectivity index (χ3v) is 3.17. The third kappa shape index (κ3) is 4.26. The maximum Gasteiger partial charge on any atom is 0.251 e. The second kappa shape index (κ2) is 6.67. The Balaban J connectivity index is 1.93. The van der Waals surface area contributed by atoms with Crippen molar-refractivity contribution in [1.82, 2.24) is 5.32 Å². The van der Waals surface area contributed by atoms with Gasteiger partial charge in [-0.3, -0.25) is 4.79 Å². The minimum absolute atomic E-state index is 0.0786. The van der Waals surface area contributed by atoms with E-state index >= 15 is 0 Å². The molecule has 1 N–H and O–H groups in total. The molecule has 1 amide bonds. The number of carbonyl (C=O) groups is 1. The summed E-state index contributed by atoms with van der Waals surface area (Å²) < 4.78 is 39.0. The zero-order chi connectivity index (χ0) is 15.4. The highest BCUT2D eigenvalue weighted by Gasteiger charge is 2.08. The summed E-state index contributed by atoms with van der Waals surface area (Å²) in [6.07, 6.45) is 0.287. The molecule has 0 saturated heterocycles. The van der Waals surface area contributed by atoms with Gasteiger partial charge < -0.3 is 5.32 Å². The first-order chi connectivity index (χ1) is 9.95. The van der Waals surface area contributed by atoms with Crippen molar-refractivity contribution in [3.63, 3.8) is 0 Å². The van der Waals surface area contributed by atoms with Crippen LogP contribution in [0.25, 0.3) is 0 Å². The maximum absolute atomic E-state index is 13.0. The molecule has 0 aliphatic rings. The first kappa shape index (κ1) is 15.4. The first-order valence-corrected chi connectivity index (χ1v) is 6.62. The summed E-state index contributed by atoms with van der Waals surface area (Å²) in [5, 5.41) is 2.59. The molecule has 0 spiro atoms. The third-order valence-electron chi connectivity index (χ3n) is 2.83. The smallest absolute Gasteiger partial charge is 0.251 e. The maximum atomic E-state index is 13.0. The average molecular weight is 311 g/mol. The standard InChI is InChI=1S/C15H12F3NOS/c16-11-5-9(6-12(17)8-11)3-4-19-15(20)10-1-2-13(18)14(21)7-10/h1-2,5-8,21H,3-4H2,(H,19,20). The molecule has 0 aliphatic heterocycles. The number of amides is 1. The van der Waals surface area contributed by atoms with Crippen LogP contribution in [0.1, 0.15) is 15.9 Å². The molecule has 0 bridgehead atoms. The van der Waals surface area contributed by atoms with Crippen LogP contribution in [-0.2, 0) is 6.42 Å². The molecule has 21 heavy (non-hydrogen) atoms. The summed E-state index contributed by atoms with van der Waals surface area (Å²) in [5.74, 6) is -2.23. The minimum atomic E-state index is -0.658. The lowest BCUT2D eigenvalue weighted by Gasteiger charge is -2.06. The molecule has 0 aliphatic carbocycles. The summed E-state index contributed by atoms with van der Waals surface area (Å²) in [6, 6.07) is 7.01. The van der Waals surface area contributed by atoms with Crippen LogP contribution in [0.4, 0.5) is 13.2 Å². The van der Waals surface area contributed by atoms with E-state index in [1.54, 1.807) is 0 Å². The Kier molecular flexibility index (Phi) is 4.90. The average Bonchev–Trinajstić information content (AvgIpc) is 2.40. The van der Waals surface area contributed by atoms with Crippen molar-refractivity contribution in [3.8, 4) is 0 Å². The summed E-state index contributed by atoms with van der Waals surface area (Å²) in [4.78, 5) is 11.9. The Hall–Kier alpha value is -1.95. The number of benzene rings is 2. The van der Waals surface area contributed by atoms with Gasteiger partial charge in [0.05, 0.1) is 0 Å². The van der Waals surface area contributed by atoms with E-state index in [2.05, 4.69) is 17.9 Å². The summed E-state index contributed by atoms with van der Waals surface area (Å²) in [7, 11) is 0. The molecular formula is C15H12F3NOS. The fourth-order valence-electron chi connectivity index (χ4n) is 1.83. The highest BCUT2D eigenvalue weighted by atomic mass is 32.1. The van der Waals surface area contributed by atoms with E-state index in [1.165, 1.54) is 24.3 Å². The Morgan fingerprint density at radius 3 is 2.33 bits per heavy atom. The molecule has 6 heteroatoms. The zero-order valence-electron chi connectivity index (χ0n) is 10.9. The van der Waals surface area contributed by atoms with Crippen LogP contribution in [0.5, 0.6) is 0 Å². The monoisotopic (exact) mass is 311 g/mol. The van der Waals surface area contributed by atoms with E-state index < -0.39 is 23.4 Å². The lowest BCUT2D eigenvalue weighted by atomic mass is 10.1. The van der Waals surface area contributed by atoms with E-state index in [0.717, 1.165) is 12.1 Å². The SMILES string of the molecule is O=C(NCCc1cc(F)cc(F)c1)c1ccc(F)c(S)c1. The fourth-order valence-corrected chi connectivity index (χ4v) is 2.05. The van der Waals surface area contributed by atoms with Gasteiger partial charge in [0.2, 0.25) is 0 Å². The second-order valence-electron chi connectivity index (χ2n) is 4.45. The van der Waals surface area contributed by atoms with Gasteiger partial charge in [-0.05, 0) is 42.3 Å². The Morgan fingerprint density at radius 2 is 1.71 bits per heavy atom. The Morgan fingerprint density at radius 1 is 1.05 bits per heavy atom. The second-order valence-corrected chi connectivity index (χ2v) is 4.93. The first-order valence-electron chi connectivity index (χ1n) is 6.17. The van der Waals surface area contributed by atoms with Gasteiger partial charge >= 0.3 is 0 Å². The predicted molar refractivity (Wildman–Crippen MR) is 76.0 cm³/mol. The molecule has 110 valence electrons. The molecule has 2 nitrogen and oxygen atoms in total. The van der Waals surface area contributed by atoms with Crippen LogP contribution in [0.2, 0.25) is 0 Å². The number of carbonyl (C=O) groups excluding carboxylic acids is 1. The van der Waals surface area contributed by atoms with Gasteiger partial charge in [-0.15, -0.1) is 12.6 Å². The number of hydrogen-bond donors (Lipinski definition) is 2. The highest BCUT2D eigenvalue weighted by molar-refractivity contribution is 7.80. The van der Waals surface area contributed by atoms with Crippen LogP contribution < -0.4 is 5.32 Å². The number of hydrogen-bond acceptors (Lipinski definition) is 2. The van der Waals surface area contributed by atoms with E-state index in [1.807, 2.05) is 0 Å². The predicted octanol–water partition coefficient (Wildman–Crippen LogP) is 3.37. The van der Waals surface area contributed by atoms with Crippen molar-refractivity contribution in [2.45, 2.75) is 11.3 Å². The van der Waals surface area contributed by atoms with Gasteiger partial charge in [-0.2, -0.15) is 0 Å². The lowest BCUT2D eigenvalue weighted by Crippen LogP contribution is -2.25. The van der Waals surface area contributed by atoms with Crippen molar-refractivity contribution in [2.75, 3.05) is 6.54 Å². The zero-order valence-corrected chi connectivity index (χ0v) is 11.8. The van der Waals surface area contributed by atoms with Gasteiger partial charge in [-0.1, -0.05) is 0 Å². The fraction of sp³-hybridized carbons (Fsp3) is 0.133. The highest BCUT2D eigenvalue weighted by Crippen LogP contribution is 2.14. The summed E-state index contributed by atoms with van der Waals surface area (Å²) in [5.41, 5.74) is 0.716. The number of rotatable bonds is 4. The number of halogens is 3.